The van der Waals surface area contributed by atoms with Gasteiger partial charge in [-0.2, -0.15) is 0 Å². The summed E-state index contributed by atoms with van der Waals surface area (Å²) in [7, 11) is -2.65. The summed E-state index contributed by atoms with van der Waals surface area (Å²) in [6.45, 7) is 0. The smallest absolute Gasteiger partial charge is 0.295 e. The van der Waals surface area contributed by atoms with Gasteiger partial charge in [0.25, 0.3) is 5.91 Å². The minimum atomic E-state index is -4.17. The normalized spacial score (nSPS) is 16.6. The van der Waals surface area contributed by atoms with Gasteiger partial charge in [-0.1, -0.05) is 41.9 Å². The first-order valence-corrected chi connectivity index (χ1v) is 11.2. The topological polar surface area (TPSA) is 83.9 Å². The number of hydrogen-bond donors (Lipinski definition) is 1. The van der Waals surface area contributed by atoms with Crippen molar-refractivity contribution in [2.75, 3.05) is 12.0 Å². The van der Waals surface area contributed by atoms with Crippen LogP contribution in [-0.4, -0.2) is 26.5 Å². The molecule has 0 unspecified atom stereocenters. The number of aliphatic hydroxyl groups excluding tert-OH is 1. The molecule has 3 aromatic rings. The van der Waals surface area contributed by atoms with Crippen LogP contribution in [0.15, 0.2) is 94.4 Å². The van der Waals surface area contributed by atoms with Crippen molar-refractivity contribution in [1.82, 2.24) is 0 Å². The van der Waals surface area contributed by atoms with E-state index in [2.05, 4.69) is 0 Å². The first kappa shape index (κ1) is 21.0. The van der Waals surface area contributed by atoms with E-state index in [4.69, 9.17) is 16.3 Å². The second-order valence-electron chi connectivity index (χ2n) is 6.86. The van der Waals surface area contributed by atoms with E-state index in [0.717, 1.165) is 0 Å². The lowest BCUT2D eigenvalue weighted by Gasteiger charge is -2.27. The van der Waals surface area contributed by atoms with Gasteiger partial charge in [-0.05, 0) is 54.1 Å². The molecule has 158 valence electrons. The van der Waals surface area contributed by atoms with E-state index in [9.17, 15) is 18.3 Å². The van der Waals surface area contributed by atoms with Gasteiger partial charge >= 0.3 is 0 Å². The first-order valence-electron chi connectivity index (χ1n) is 9.31. The molecule has 0 radical (unpaired) electrons. The molecular formula is C23H18ClNO5S. The van der Waals surface area contributed by atoms with E-state index in [1.807, 2.05) is 0 Å². The summed E-state index contributed by atoms with van der Waals surface area (Å²) in [6.07, 6.45) is 0. The van der Waals surface area contributed by atoms with Crippen LogP contribution in [0, 0.1) is 0 Å². The summed E-state index contributed by atoms with van der Waals surface area (Å²) in [6, 6.07) is 19.7. The maximum atomic E-state index is 13.5. The van der Waals surface area contributed by atoms with Crippen LogP contribution in [0.25, 0.3) is 0 Å². The molecular weight excluding hydrogens is 438 g/mol. The third-order valence-corrected chi connectivity index (χ3v) is 7.18. The van der Waals surface area contributed by atoms with E-state index in [0.29, 0.717) is 22.0 Å². The van der Waals surface area contributed by atoms with Gasteiger partial charge < -0.3 is 9.84 Å². The Morgan fingerprint density at radius 1 is 0.935 bits per heavy atom. The Kier molecular flexibility index (Phi) is 5.47. The maximum Gasteiger partial charge on any atom is 0.295 e. The monoisotopic (exact) mass is 455 g/mol. The molecule has 1 heterocycles. The van der Waals surface area contributed by atoms with Crippen molar-refractivity contribution in [2.24, 2.45) is 0 Å². The lowest BCUT2D eigenvalue weighted by Crippen LogP contribution is -2.31. The molecule has 31 heavy (non-hydrogen) atoms. The molecule has 4 rings (SSSR count). The van der Waals surface area contributed by atoms with Crippen molar-refractivity contribution in [3.63, 3.8) is 0 Å². The Morgan fingerprint density at radius 2 is 1.55 bits per heavy atom. The molecule has 0 fully saturated rings. The van der Waals surface area contributed by atoms with Crippen LogP contribution >= 0.6 is 11.6 Å². The number of ether oxygens (including phenoxy) is 1. The second-order valence-corrected chi connectivity index (χ2v) is 9.21. The average Bonchev–Trinajstić information content (AvgIpc) is 3.06. The van der Waals surface area contributed by atoms with Crippen molar-refractivity contribution in [3.05, 3.63) is 100 Å². The van der Waals surface area contributed by atoms with Gasteiger partial charge in [-0.3, -0.25) is 9.69 Å². The number of carbonyl (C=O) groups excluding carboxylic acids is 1. The van der Waals surface area contributed by atoms with Crippen LogP contribution in [0.4, 0.5) is 5.69 Å². The Hall–Kier alpha value is -3.29. The number of methoxy groups -OCH3 is 1. The van der Waals surface area contributed by atoms with Crippen molar-refractivity contribution in [3.8, 4) is 5.75 Å². The molecule has 0 saturated heterocycles. The Bertz CT molecular complexity index is 1250. The van der Waals surface area contributed by atoms with Gasteiger partial charge in [0, 0.05) is 10.7 Å². The Morgan fingerprint density at radius 3 is 2.13 bits per heavy atom. The largest absolute Gasteiger partial charge is 0.502 e. The maximum absolute atomic E-state index is 13.5. The lowest BCUT2D eigenvalue weighted by atomic mass is 10.1. The molecule has 0 aliphatic carbocycles. The summed E-state index contributed by atoms with van der Waals surface area (Å²) >= 11 is 5.98. The molecule has 0 spiro atoms. The van der Waals surface area contributed by atoms with Gasteiger partial charge in [0.1, 0.15) is 16.7 Å². The third kappa shape index (κ3) is 3.66. The number of aliphatic hydroxyl groups is 1. The zero-order valence-corrected chi connectivity index (χ0v) is 18.0. The summed E-state index contributed by atoms with van der Waals surface area (Å²) in [4.78, 5) is 14.0. The van der Waals surface area contributed by atoms with Crippen molar-refractivity contribution in [2.45, 2.75) is 10.9 Å². The number of benzene rings is 3. The van der Waals surface area contributed by atoms with Crippen LogP contribution in [0.5, 0.6) is 5.75 Å². The molecule has 1 atom stereocenters. The minimum Gasteiger partial charge on any atom is -0.502 e. The molecule has 3 aromatic carbocycles. The number of rotatable bonds is 5. The van der Waals surface area contributed by atoms with E-state index in [-0.39, 0.29) is 9.80 Å². The Balaban J connectivity index is 1.93. The van der Waals surface area contributed by atoms with Gasteiger partial charge in [0.15, 0.2) is 5.76 Å². The number of amides is 1. The third-order valence-electron chi connectivity index (χ3n) is 5.04. The van der Waals surface area contributed by atoms with E-state index in [1.165, 1.54) is 24.1 Å². The number of halogens is 1. The minimum absolute atomic E-state index is 0.0131. The van der Waals surface area contributed by atoms with Crippen LogP contribution in [0.3, 0.4) is 0 Å². The predicted molar refractivity (Wildman–Crippen MR) is 118 cm³/mol. The fourth-order valence-corrected chi connectivity index (χ4v) is 5.31. The second kappa shape index (κ2) is 8.09. The van der Waals surface area contributed by atoms with Crippen molar-refractivity contribution >= 4 is 33.0 Å². The fraction of sp³-hybridized carbons (Fsp3) is 0.0870. The lowest BCUT2D eigenvalue weighted by molar-refractivity contribution is -0.117. The number of carbonyl (C=O) groups is 1. The van der Waals surface area contributed by atoms with Crippen molar-refractivity contribution in [1.29, 1.82) is 0 Å². The summed E-state index contributed by atoms with van der Waals surface area (Å²) in [5.41, 5.74) is 0.905. The number of anilines is 1. The van der Waals surface area contributed by atoms with Gasteiger partial charge in [0.05, 0.1) is 12.0 Å². The number of sulfone groups is 1. The molecule has 1 aliphatic heterocycles. The highest BCUT2D eigenvalue weighted by Gasteiger charge is 2.47. The first-order chi connectivity index (χ1) is 14.8. The Labute approximate surface area is 184 Å². The standard InChI is InChI=1S/C23H18ClNO5S/c1-30-18-13-7-15(8-14-18)20-22(31(28,29)19-5-3-2-4-6-19)21(26)23(27)25(20)17-11-9-16(24)10-12-17/h2-14,20,26H,1H3/t20-/m1/s1. The highest BCUT2D eigenvalue weighted by molar-refractivity contribution is 7.95. The van der Waals surface area contributed by atoms with Crippen LogP contribution in [-0.2, 0) is 14.6 Å². The zero-order valence-electron chi connectivity index (χ0n) is 16.4. The zero-order chi connectivity index (χ0) is 22.2. The molecule has 0 saturated carbocycles. The molecule has 1 N–H and O–H groups in total. The number of nitrogens with zero attached hydrogens (tertiary/aromatic N) is 1. The SMILES string of the molecule is COc1ccc([C@@H]2C(S(=O)(=O)c3ccccc3)=C(O)C(=O)N2c2ccc(Cl)cc2)cc1. The molecule has 8 heteroatoms. The van der Waals surface area contributed by atoms with E-state index in [1.54, 1.807) is 66.7 Å². The van der Waals surface area contributed by atoms with Crippen LogP contribution in [0.2, 0.25) is 5.02 Å². The molecule has 6 nitrogen and oxygen atoms in total. The highest BCUT2D eigenvalue weighted by atomic mass is 35.5. The van der Waals surface area contributed by atoms with E-state index < -0.39 is 27.5 Å². The summed E-state index contributed by atoms with van der Waals surface area (Å²) in [5, 5.41) is 11.2. The summed E-state index contributed by atoms with van der Waals surface area (Å²) < 4.78 is 32.2. The number of hydrogen-bond acceptors (Lipinski definition) is 5. The van der Waals surface area contributed by atoms with Gasteiger partial charge in [-0.25, -0.2) is 8.42 Å². The molecule has 1 amide bonds. The highest BCUT2D eigenvalue weighted by Crippen LogP contribution is 2.45. The molecule has 0 aromatic heterocycles. The van der Waals surface area contributed by atoms with E-state index >= 15 is 0 Å². The average molecular weight is 456 g/mol. The quantitative estimate of drug-likeness (QED) is 0.603. The fourth-order valence-electron chi connectivity index (χ4n) is 3.54. The van der Waals surface area contributed by atoms with Crippen molar-refractivity contribution < 1.29 is 23.1 Å². The van der Waals surface area contributed by atoms with Crippen LogP contribution < -0.4 is 9.64 Å². The van der Waals surface area contributed by atoms with Gasteiger partial charge in [0.2, 0.25) is 9.84 Å². The predicted octanol–water partition coefficient (Wildman–Crippen LogP) is 4.68. The van der Waals surface area contributed by atoms with Gasteiger partial charge in [-0.15, -0.1) is 0 Å². The molecule has 1 aliphatic rings. The molecule has 0 bridgehead atoms. The van der Waals surface area contributed by atoms with Crippen LogP contribution in [0.1, 0.15) is 11.6 Å². The summed E-state index contributed by atoms with van der Waals surface area (Å²) in [5.74, 6) is -1.04.